The second kappa shape index (κ2) is 10.5. The highest BCUT2D eigenvalue weighted by atomic mass is 79.9. The van der Waals surface area contributed by atoms with Gasteiger partial charge in [-0.25, -0.2) is 13.1 Å². The van der Waals surface area contributed by atoms with E-state index in [1.165, 1.54) is 22.6 Å². The molecule has 2 heterocycles. The molecule has 4 rings (SSSR count). The summed E-state index contributed by atoms with van der Waals surface area (Å²) in [6, 6.07) is 12.2. The molecule has 2 aromatic carbocycles. The molecule has 0 unspecified atom stereocenters. The zero-order valence-corrected chi connectivity index (χ0v) is 20.8. The van der Waals surface area contributed by atoms with E-state index in [-0.39, 0.29) is 42.2 Å². The van der Waals surface area contributed by atoms with Crippen molar-refractivity contribution in [3.8, 4) is 5.75 Å². The summed E-state index contributed by atoms with van der Waals surface area (Å²) in [6.07, 6.45) is 3.90. The molecule has 1 N–H and O–H groups in total. The molecule has 1 saturated heterocycles. The zero-order chi connectivity index (χ0) is 25.0. The number of sulfonamides is 1. The van der Waals surface area contributed by atoms with E-state index in [0.29, 0.717) is 24.3 Å². The molecule has 0 spiro atoms. The van der Waals surface area contributed by atoms with Gasteiger partial charge >= 0.3 is 0 Å². The number of carbonyl (C=O) groups is 1. The quantitative estimate of drug-likeness (QED) is 0.326. The fraction of sp³-hybridized carbons (Fsp3) is 0.273. The second-order valence-corrected chi connectivity index (χ2v) is 10.8. The van der Waals surface area contributed by atoms with Gasteiger partial charge in [0.2, 0.25) is 15.9 Å². The third-order valence-electron chi connectivity index (χ3n) is 5.59. The van der Waals surface area contributed by atoms with Crippen LogP contribution < -0.4 is 10.1 Å². The Kier molecular flexibility index (Phi) is 7.48. The van der Waals surface area contributed by atoms with Crippen molar-refractivity contribution in [1.29, 1.82) is 0 Å². The van der Waals surface area contributed by atoms with Gasteiger partial charge in [0, 0.05) is 35.6 Å². The second-order valence-electron chi connectivity index (χ2n) is 7.91. The van der Waals surface area contributed by atoms with Crippen molar-refractivity contribution in [2.24, 2.45) is 5.92 Å². The first-order chi connectivity index (χ1) is 16.7. The maximum Gasteiger partial charge on any atom is 0.269 e. The van der Waals surface area contributed by atoms with Gasteiger partial charge in [0.05, 0.1) is 27.9 Å². The van der Waals surface area contributed by atoms with Crippen LogP contribution in [0, 0.1) is 16.0 Å². The molecule has 1 aliphatic heterocycles. The number of amides is 1. The number of benzene rings is 2. The number of piperidine rings is 1. The monoisotopic (exact) mass is 563 g/mol. The van der Waals surface area contributed by atoms with Crippen LogP contribution in [0.4, 0.5) is 11.4 Å². The summed E-state index contributed by atoms with van der Waals surface area (Å²) in [6.45, 7) is 0.534. The molecule has 0 radical (unpaired) electrons. The molecule has 13 heteroatoms. The molecule has 35 heavy (non-hydrogen) atoms. The van der Waals surface area contributed by atoms with Gasteiger partial charge in [-0.3, -0.25) is 14.9 Å². The van der Waals surface area contributed by atoms with Crippen LogP contribution in [-0.2, 0) is 21.5 Å². The first-order valence-corrected chi connectivity index (χ1v) is 12.9. The average Bonchev–Trinajstić information content (AvgIpc) is 3.31. The molecule has 1 aromatic heterocycles. The van der Waals surface area contributed by atoms with Crippen LogP contribution >= 0.6 is 15.9 Å². The number of non-ortho nitro benzene ring substituents is 1. The van der Waals surface area contributed by atoms with Crippen molar-refractivity contribution >= 4 is 43.2 Å². The van der Waals surface area contributed by atoms with Crippen LogP contribution in [0.3, 0.4) is 0 Å². The number of nitro benzene ring substituents is 1. The topological polar surface area (TPSA) is 137 Å². The Morgan fingerprint density at radius 2 is 1.80 bits per heavy atom. The highest BCUT2D eigenvalue weighted by molar-refractivity contribution is 9.10. The Bertz CT molecular complexity index is 1300. The van der Waals surface area contributed by atoms with Crippen molar-refractivity contribution in [2.75, 3.05) is 18.4 Å². The first-order valence-electron chi connectivity index (χ1n) is 10.7. The zero-order valence-electron chi connectivity index (χ0n) is 18.4. The number of anilines is 1. The molecule has 0 atom stereocenters. The maximum absolute atomic E-state index is 12.8. The number of ether oxygens (including phenoxy) is 1. The van der Waals surface area contributed by atoms with Gasteiger partial charge in [-0.2, -0.15) is 9.40 Å². The lowest BCUT2D eigenvalue weighted by Gasteiger charge is -2.30. The van der Waals surface area contributed by atoms with Crippen LogP contribution in [0.25, 0.3) is 0 Å². The Morgan fingerprint density at radius 1 is 1.14 bits per heavy atom. The minimum Gasteiger partial charge on any atom is -0.471 e. The Morgan fingerprint density at radius 3 is 2.43 bits per heavy atom. The largest absolute Gasteiger partial charge is 0.471 e. The van der Waals surface area contributed by atoms with Crippen molar-refractivity contribution in [2.45, 2.75) is 24.5 Å². The van der Waals surface area contributed by atoms with Gasteiger partial charge in [-0.1, -0.05) is 15.9 Å². The molecule has 1 fully saturated rings. The number of rotatable bonds is 8. The smallest absolute Gasteiger partial charge is 0.269 e. The molecule has 1 aliphatic rings. The van der Waals surface area contributed by atoms with Gasteiger partial charge in [-0.05, 0) is 49.2 Å². The minimum atomic E-state index is -3.79. The molecule has 0 saturated carbocycles. The predicted molar refractivity (Wildman–Crippen MR) is 130 cm³/mol. The molecule has 0 bridgehead atoms. The highest BCUT2D eigenvalue weighted by Crippen LogP contribution is 2.26. The third-order valence-corrected chi connectivity index (χ3v) is 8.03. The minimum absolute atomic E-state index is 0.0104. The van der Waals surface area contributed by atoms with Gasteiger partial charge in [0.1, 0.15) is 5.75 Å². The van der Waals surface area contributed by atoms with E-state index in [9.17, 15) is 23.3 Å². The van der Waals surface area contributed by atoms with Crippen molar-refractivity contribution in [1.82, 2.24) is 14.1 Å². The van der Waals surface area contributed by atoms with E-state index in [1.807, 2.05) is 24.3 Å². The lowest BCUT2D eigenvalue weighted by molar-refractivity contribution is -0.384. The van der Waals surface area contributed by atoms with E-state index < -0.39 is 14.9 Å². The number of nitrogens with zero attached hydrogens (tertiary/aromatic N) is 4. The summed E-state index contributed by atoms with van der Waals surface area (Å²) in [5, 5.41) is 17.8. The number of nitro groups is 1. The number of carbonyl (C=O) groups excluding carboxylic acids is 1. The Labute approximate surface area is 210 Å². The van der Waals surface area contributed by atoms with Crippen LogP contribution in [0.2, 0.25) is 0 Å². The lowest BCUT2D eigenvalue weighted by atomic mass is 9.97. The van der Waals surface area contributed by atoms with Gasteiger partial charge in [0.25, 0.3) is 5.69 Å². The van der Waals surface area contributed by atoms with Crippen LogP contribution in [0.1, 0.15) is 12.8 Å². The molecule has 11 nitrogen and oxygen atoms in total. The number of halogens is 1. The lowest BCUT2D eigenvalue weighted by Crippen LogP contribution is -2.41. The molecular weight excluding hydrogens is 542 g/mol. The van der Waals surface area contributed by atoms with Gasteiger partial charge in [0.15, 0.2) is 6.73 Å². The fourth-order valence-corrected chi connectivity index (χ4v) is 5.40. The van der Waals surface area contributed by atoms with Gasteiger partial charge in [-0.15, -0.1) is 0 Å². The van der Waals surface area contributed by atoms with Crippen LogP contribution in [-0.4, -0.2) is 46.4 Å². The maximum atomic E-state index is 12.8. The summed E-state index contributed by atoms with van der Waals surface area (Å²) >= 11 is 3.36. The fourth-order valence-electron chi connectivity index (χ4n) is 3.66. The van der Waals surface area contributed by atoms with E-state index in [1.54, 1.807) is 10.9 Å². The molecule has 0 aliphatic carbocycles. The number of hydrogen-bond acceptors (Lipinski definition) is 7. The molecule has 1 amide bonds. The summed E-state index contributed by atoms with van der Waals surface area (Å²) in [4.78, 5) is 22.9. The van der Waals surface area contributed by atoms with E-state index in [4.69, 9.17) is 4.74 Å². The standard InChI is InChI=1S/C22H22BrN5O6S/c23-17-1-5-20(6-2-17)34-15-26-14-18(13-24-26)25-22(29)16-9-11-27(12-10-16)35(32,33)21-7-3-19(4-8-21)28(30)31/h1-8,13-14,16H,9-12,15H2,(H,25,29). The normalized spacial score (nSPS) is 15.0. The highest BCUT2D eigenvalue weighted by Gasteiger charge is 2.32. The number of hydrogen-bond donors (Lipinski definition) is 1. The third kappa shape index (κ3) is 6.05. The van der Waals surface area contributed by atoms with Gasteiger partial charge < -0.3 is 10.1 Å². The molecule has 184 valence electrons. The Hall–Kier alpha value is -3.29. The van der Waals surface area contributed by atoms with Crippen LogP contribution in [0.5, 0.6) is 5.75 Å². The van der Waals surface area contributed by atoms with E-state index in [2.05, 4.69) is 26.3 Å². The van der Waals surface area contributed by atoms with Crippen LogP contribution in [0.15, 0.2) is 70.3 Å². The van der Waals surface area contributed by atoms with E-state index >= 15 is 0 Å². The average molecular weight is 564 g/mol. The first kappa shape index (κ1) is 24.8. The van der Waals surface area contributed by atoms with Crippen molar-refractivity contribution in [3.63, 3.8) is 0 Å². The van der Waals surface area contributed by atoms with E-state index in [0.717, 1.165) is 16.6 Å². The summed E-state index contributed by atoms with van der Waals surface area (Å²) in [5.41, 5.74) is 0.345. The summed E-state index contributed by atoms with van der Waals surface area (Å²) in [5.74, 6) is 0.135. The van der Waals surface area contributed by atoms with Crippen molar-refractivity contribution in [3.05, 3.63) is 75.5 Å². The summed E-state index contributed by atoms with van der Waals surface area (Å²) in [7, 11) is -3.79. The number of aromatic nitrogens is 2. The number of nitrogens with one attached hydrogen (secondary N) is 1. The van der Waals surface area contributed by atoms with Crippen molar-refractivity contribution < 1.29 is 22.9 Å². The Balaban J connectivity index is 1.28. The SMILES string of the molecule is O=C(Nc1cnn(COc2ccc(Br)cc2)c1)C1CCN(S(=O)(=O)c2ccc([N+](=O)[O-])cc2)CC1. The molecular formula is C22H22BrN5O6S. The summed E-state index contributed by atoms with van der Waals surface area (Å²) < 4.78 is 35.2. The molecule has 3 aromatic rings. The predicted octanol–water partition coefficient (Wildman–Crippen LogP) is 3.63.